The second-order valence-corrected chi connectivity index (χ2v) is 4.80. The molecule has 0 bridgehead atoms. The highest BCUT2D eigenvalue weighted by Crippen LogP contribution is 2.32. The van der Waals surface area contributed by atoms with E-state index in [0.717, 1.165) is 0 Å². The Hall–Kier alpha value is -2.28. The standard InChI is InChI=1S/C14H19N3O4/c1-17(2)14(19)9-15-8-13(18)16-10-3-4-11-12(7-10)21-6-5-20-11/h3-4,7,15H,5-6,8-9H2,1-2H3,(H,16,18). The van der Waals surface area contributed by atoms with Crippen molar-refractivity contribution in [3.63, 3.8) is 0 Å². The number of benzene rings is 1. The Labute approximate surface area is 123 Å². The van der Waals surface area contributed by atoms with E-state index in [-0.39, 0.29) is 24.9 Å². The Kier molecular flexibility index (Phi) is 4.99. The minimum absolute atomic E-state index is 0.0635. The number of carbonyl (C=O) groups is 2. The molecule has 1 aliphatic rings. The summed E-state index contributed by atoms with van der Waals surface area (Å²) >= 11 is 0. The van der Waals surface area contributed by atoms with Gasteiger partial charge < -0.3 is 19.7 Å². The van der Waals surface area contributed by atoms with Crippen LogP contribution in [0.15, 0.2) is 18.2 Å². The molecule has 1 heterocycles. The van der Waals surface area contributed by atoms with E-state index in [1.807, 2.05) is 0 Å². The number of nitrogens with one attached hydrogen (secondary N) is 2. The van der Waals surface area contributed by atoms with Gasteiger partial charge in [-0.25, -0.2) is 0 Å². The number of amides is 2. The number of hydrogen-bond donors (Lipinski definition) is 2. The summed E-state index contributed by atoms with van der Waals surface area (Å²) in [4.78, 5) is 24.6. The average molecular weight is 293 g/mol. The summed E-state index contributed by atoms with van der Waals surface area (Å²) in [7, 11) is 3.33. The molecular formula is C14H19N3O4. The fraction of sp³-hybridized carbons (Fsp3) is 0.429. The van der Waals surface area contributed by atoms with E-state index >= 15 is 0 Å². The van der Waals surface area contributed by atoms with Gasteiger partial charge in [-0.15, -0.1) is 0 Å². The van der Waals surface area contributed by atoms with Crippen LogP contribution in [0.5, 0.6) is 11.5 Å². The van der Waals surface area contributed by atoms with Gasteiger partial charge >= 0.3 is 0 Å². The molecule has 0 spiro atoms. The lowest BCUT2D eigenvalue weighted by molar-refractivity contribution is -0.127. The van der Waals surface area contributed by atoms with Crippen LogP contribution >= 0.6 is 0 Å². The van der Waals surface area contributed by atoms with Gasteiger partial charge in [-0.2, -0.15) is 0 Å². The van der Waals surface area contributed by atoms with Crippen LogP contribution in [0.3, 0.4) is 0 Å². The minimum atomic E-state index is -0.224. The summed E-state index contributed by atoms with van der Waals surface area (Å²) in [6.07, 6.45) is 0. The highest BCUT2D eigenvalue weighted by Gasteiger charge is 2.13. The molecule has 2 amide bonds. The summed E-state index contributed by atoms with van der Waals surface area (Å²) in [6.45, 7) is 1.22. The molecule has 1 aliphatic heterocycles. The first-order valence-corrected chi connectivity index (χ1v) is 6.66. The van der Waals surface area contributed by atoms with Gasteiger partial charge in [0.25, 0.3) is 0 Å². The molecule has 0 unspecified atom stereocenters. The van der Waals surface area contributed by atoms with Crippen molar-refractivity contribution in [2.75, 3.05) is 45.7 Å². The van der Waals surface area contributed by atoms with Gasteiger partial charge in [-0.1, -0.05) is 0 Å². The first-order chi connectivity index (χ1) is 10.1. The summed E-state index contributed by atoms with van der Waals surface area (Å²) in [6, 6.07) is 5.22. The van der Waals surface area contributed by atoms with Crippen molar-refractivity contribution in [3.05, 3.63) is 18.2 Å². The second kappa shape index (κ2) is 6.94. The fourth-order valence-corrected chi connectivity index (χ4v) is 1.77. The summed E-state index contributed by atoms with van der Waals surface area (Å²) < 4.78 is 10.8. The van der Waals surface area contributed by atoms with E-state index in [4.69, 9.17) is 9.47 Å². The molecule has 0 saturated carbocycles. The van der Waals surface area contributed by atoms with Crippen molar-refractivity contribution in [2.24, 2.45) is 0 Å². The normalized spacial score (nSPS) is 12.7. The van der Waals surface area contributed by atoms with Crippen molar-refractivity contribution in [3.8, 4) is 11.5 Å². The monoisotopic (exact) mass is 293 g/mol. The van der Waals surface area contributed by atoms with E-state index in [1.54, 1.807) is 32.3 Å². The van der Waals surface area contributed by atoms with E-state index < -0.39 is 0 Å². The molecule has 2 rings (SSSR count). The molecule has 0 fully saturated rings. The quantitative estimate of drug-likeness (QED) is 0.803. The van der Waals surface area contributed by atoms with Crippen LogP contribution in [0.1, 0.15) is 0 Å². The van der Waals surface area contributed by atoms with Gasteiger partial charge in [0.2, 0.25) is 11.8 Å². The van der Waals surface area contributed by atoms with Crippen LogP contribution < -0.4 is 20.1 Å². The zero-order valence-corrected chi connectivity index (χ0v) is 12.1. The SMILES string of the molecule is CN(C)C(=O)CNCC(=O)Nc1ccc2c(c1)OCCO2. The van der Waals surface area contributed by atoms with E-state index in [1.165, 1.54) is 4.90 Å². The molecule has 7 nitrogen and oxygen atoms in total. The lowest BCUT2D eigenvalue weighted by Crippen LogP contribution is -2.37. The molecule has 0 atom stereocenters. The number of ether oxygens (including phenoxy) is 2. The van der Waals surface area contributed by atoms with E-state index in [2.05, 4.69) is 10.6 Å². The molecule has 2 N–H and O–H groups in total. The van der Waals surface area contributed by atoms with Crippen molar-refractivity contribution in [2.45, 2.75) is 0 Å². The smallest absolute Gasteiger partial charge is 0.238 e. The molecule has 114 valence electrons. The van der Waals surface area contributed by atoms with Gasteiger partial charge in [0.05, 0.1) is 13.1 Å². The molecule has 7 heteroatoms. The number of likely N-dealkylation sites (N-methyl/N-ethyl adjacent to an activating group) is 1. The predicted octanol–water partition coefficient (Wildman–Crippen LogP) is 0.0741. The van der Waals surface area contributed by atoms with Gasteiger partial charge in [0.1, 0.15) is 13.2 Å². The molecular weight excluding hydrogens is 274 g/mol. The van der Waals surface area contributed by atoms with Crippen LogP contribution in [-0.4, -0.2) is 57.1 Å². The van der Waals surface area contributed by atoms with Crippen LogP contribution in [0.4, 0.5) is 5.69 Å². The first-order valence-electron chi connectivity index (χ1n) is 6.66. The summed E-state index contributed by atoms with van der Waals surface area (Å²) in [5, 5.41) is 5.52. The number of carbonyl (C=O) groups excluding carboxylic acids is 2. The molecule has 1 aromatic carbocycles. The van der Waals surface area contributed by atoms with Gasteiger partial charge in [0, 0.05) is 25.8 Å². The fourth-order valence-electron chi connectivity index (χ4n) is 1.77. The van der Waals surface area contributed by atoms with Crippen LogP contribution in [0.25, 0.3) is 0 Å². The molecule has 0 saturated heterocycles. The highest BCUT2D eigenvalue weighted by molar-refractivity contribution is 5.93. The van der Waals surface area contributed by atoms with E-state index in [9.17, 15) is 9.59 Å². The molecule has 1 aromatic rings. The largest absolute Gasteiger partial charge is 0.486 e. The summed E-state index contributed by atoms with van der Waals surface area (Å²) in [5.74, 6) is 0.990. The Balaban J connectivity index is 1.81. The van der Waals surface area contributed by atoms with Gasteiger partial charge in [-0.05, 0) is 12.1 Å². The van der Waals surface area contributed by atoms with Crippen molar-refractivity contribution in [1.29, 1.82) is 0 Å². The van der Waals surface area contributed by atoms with Gasteiger partial charge in [-0.3, -0.25) is 14.9 Å². The maximum Gasteiger partial charge on any atom is 0.238 e. The van der Waals surface area contributed by atoms with Crippen LogP contribution in [0.2, 0.25) is 0 Å². The molecule has 0 aliphatic carbocycles. The number of fused-ring (bicyclic) bond motifs is 1. The predicted molar refractivity (Wildman–Crippen MR) is 77.6 cm³/mol. The average Bonchev–Trinajstić information content (AvgIpc) is 2.46. The first kappa shape index (κ1) is 15.1. The maximum atomic E-state index is 11.8. The zero-order valence-electron chi connectivity index (χ0n) is 12.1. The van der Waals surface area contributed by atoms with Crippen LogP contribution in [0, 0.1) is 0 Å². The number of rotatable bonds is 5. The summed E-state index contributed by atoms with van der Waals surface area (Å²) in [5.41, 5.74) is 0.630. The van der Waals surface area contributed by atoms with Crippen molar-refractivity contribution >= 4 is 17.5 Å². The third-order valence-corrected chi connectivity index (χ3v) is 2.89. The Morgan fingerprint density at radius 3 is 2.57 bits per heavy atom. The third kappa shape index (κ3) is 4.35. The number of hydrogen-bond acceptors (Lipinski definition) is 5. The van der Waals surface area contributed by atoms with Crippen LogP contribution in [-0.2, 0) is 9.59 Å². The number of anilines is 1. The van der Waals surface area contributed by atoms with Crippen molar-refractivity contribution in [1.82, 2.24) is 10.2 Å². The van der Waals surface area contributed by atoms with E-state index in [0.29, 0.717) is 30.4 Å². The third-order valence-electron chi connectivity index (χ3n) is 2.89. The van der Waals surface area contributed by atoms with Gasteiger partial charge in [0.15, 0.2) is 11.5 Å². The second-order valence-electron chi connectivity index (χ2n) is 4.80. The minimum Gasteiger partial charge on any atom is -0.486 e. The Morgan fingerprint density at radius 2 is 1.86 bits per heavy atom. The molecule has 0 aromatic heterocycles. The highest BCUT2D eigenvalue weighted by atomic mass is 16.6. The molecule has 21 heavy (non-hydrogen) atoms. The number of nitrogens with zero attached hydrogens (tertiary/aromatic N) is 1. The maximum absolute atomic E-state index is 11.8. The Morgan fingerprint density at radius 1 is 1.14 bits per heavy atom. The lowest BCUT2D eigenvalue weighted by atomic mass is 10.2. The topological polar surface area (TPSA) is 79.9 Å². The molecule has 0 radical (unpaired) electrons. The van der Waals surface area contributed by atoms with Crippen molar-refractivity contribution < 1.29 is 19.1 Å². The lowest BCUT2D eigenvalue weighted by Gasteiger charge is -2.19. The Bertz CT molecular complexity index is 531. The zero-order chi connectivity index (χ0) is 15.2.